The molecule has 0 N–H and O–H groups in total. The molecule has 0 saturated carbocycles. The fraction of sp³-hybridized carbons (Fsp3) is 0.394. The Hall–Kier alpha value is -4.73. The molecule has 0 spiro atoms. The summed E-state index contributed by atoms with van der Waals surface area (Å²) in [5, 5.41) is 8.99. The van der Waals surface area contributed by atoms with Gasteiger partial charge in [-0.05, 0) is 43.7 Å². The lowest BCUT2D eigenvalue weighted by atomic mass is 10.1. The van der Waals surface area contributed by atoms with Crippen LogP contribution in [0.25, 0.3) is 11.0 Å². The molecule has 2 aliphatic rings. The van der Waals surface area contributed by atoms with E-state index in [2.05, 4.69) is 21.3 Å². The molecule has 0 bridgehead atoms. The third-order valence-corrected chi connectivity index (χ3v) is 8.49. The number of carbonyl (C=O) groups is 1. The fourth-order valence-corrected chi connectivity index (χ4v) is 5.74. The minimum Gasteiger partial charge on any atom is -0.496 e. The van der Waals surface area contributed by atoms with E-state index in [0.29, 0.717) is 48.2 Å². The maximum absolute atomic E-state index is 14.4. The van der Waals surface area contributed by atoms with Crippen molar-refractivity contribution in [2.75, 3.05) is 51.9 Å². The summed E-state index contributed by atoms with van der Waals surface area (Å²) in [5.41, 5.74) is 2.80. The smallest absolute Gasteiger partial charge is 0.337 e. The van der Waals surface area contributed by atoms with Crippen LogP contribution < -0.4 is 14.4 Å². The Labute approximate surface area is 260 Å². The van der Waals surface area contributed by atoms with Crippen LogP contribution in [0, 0.1) is 17.1 Å². The minimum atomic E-state index is -0.500. The molecule has 0 unspecified atom stereocenters. The van der Waals surface area contributed by atoms with Gasteiger partial charge in [-0.3, -0.25) is 4.90 Å². The Morgan fingerprint density at radius 1 is 1.11 bits per heavy atom. The van der Waals surface area contributed by atoms with Crippen LogP contribution in [0.3, 0.4) is 0 Å². The summed E-state index contributed by atoms with van der Waals surface area (Å²) in [5.74, 6) is 1.67. The van der Waals surface area contributed by atoms with Gasteiger partial charge in [-0.15, -0.1) is 0 Å². The number of ether oxygens (including phenoxy) is 4. The number of halogens is 1. The second kappa shape index (κ2) is 13.1. The summed E-state index contributed by atoms with van der Waals surface area (Å²) in [7, 11) is 2.96. The Bertz CT molecular complexity index is 1740. The Morgan fingerprint density at radius 2 is 1.91 bits per heavy atom. The number of pyridine rings is 1. The molecule has 2 aromatic carbocycles. The number of nitriles is 1. The summed E-state index contributed by atoms with van der Waals surface area (Å²) in [6, 6.07) is 15.3. The predicted octanol–water partition coefficient (Wildman–Crippen LogP) is 4.49. The normalized spacial score (nSPS) is 17.4. The molecule has 0 radical (unpaired) electrons. The number of imidazole rings is 1. The lowest BCUT2D eigenvalue weighted by Gasteiger charge is -2.38. The number of esters is 1. The van der Waals surface area contributed by atoms with Crippen molar-refractivity contribution in [3.63, 3.8) is 0 Å². The van der Waals surface area contributed by atoms with E-state index in [1.807, 2.05) is 24.3 Å². The summed E-state index contributed by atoms with van der Waals surface area (Å²) in [4.78, 5) is 26.5. The first-order valence-corrected chi connectivity index (χ1v) is 14.9. The number of hydrogen-bond donors (Lipinski definition) is 0. The third kappa shape index (κ3) is 6.41. The molecule has 2 fully saturated rings. The standard InChI is InChI=1S/C33H35FN6O5/c1-21(32-36-28-7-6-23(33(41)43-3)15-29(28)40(32)19-25-8-13-44-25)38-9-11-39(12-10-38)30-16-26(42-2)17-31(37-30)45-20-24-5-4-22(18-35)14-27(24)34/h4-7,14-17,21,25H,8-13,19-20H2,1-3H3/t21-,25-/m0/s1. The number of aromatic nitrogens is 3. The van der Waals surface area contributed by atoms with Gasteiger partial charge in [-0.25, -0.2) is 14.2 Å². The van der Waals surface area contributed by atoms with Crippen LogP contribution in [0.2, 0.25) is 0 Å². The van der Waals surface area contributed by atoms with Gasteiger partial charge < -0.3 is 28.4 Å². The molecule has 4 aromatic rings. The van der Waals surface area contributed by atoms with E-state index in [1.165, 1.54) is 13.2 Å². The van der Waals surface area contributed by atoms with E-state index >= 15 is 0 Å². The van der Waals surface area contributed by atoms with Gasteiger partial charge in [0.05, 0.1) is 61.1 Å². The van der Waals surface area contributed by atoms with Gasteiger partial charge in [0.25, 0.3) is 0 Å². The number of hydrogen-bond acceptors (Lipinski definition) is 10. The van der Waals surface area contributed by atoms with E-state index < -0.39 is 5.82 Å². The summed E-state index contributed by atoms with van der Waals surface area (Å²) < 4.78 is 38.7. The largest absolute Gasteiger partial charge is 0.496 e. The van der Waals surface area contributed by atoms with Crippen LogP contribution in [0.5, 0.6) is 11.6 Å². The highest BCUT2D eigenvalue weighted by atomic mass is 19.1. The molecule has 4 heterocycles. The maximum Gasteiger partial charge on any atom is 0.337 e. The molecule has 2 aromatic heterocycles. The number of carbonyl (C=O) groups excluding carboxylic acids is 1. The molecular weight excluding hydrogens is 579 g/mol. The molecule has 12 heteroatoms. The van der Waals surface area contributed by atoms with Crippen molar-refractivity contribution in [1.82, 2.24) is 19.4 Å². The molecule has 2 atom stereocenters. The number of piperazine rings is 1. The summed E-state index contributed by atoms with van der Waals surface area (Å²) in [6.07, 6.45) is 1.11. The zero-order valence-corrected chi connectivity index (χ0v) is 25.5. The first-order chi connectivity index (χ1) is 21.9. The zero-order chi connectivity index (χ0) is 31.5. The Morgan fingerprint density at radius 3 is 2.58 bits per heavy atom. The molecule has 0 aliphatic carbocycles. The minimum absolute atomic E-state index is 0.0145. The molecular formula is C33H35FN6O5. The second-order valence-electron chi connectivity index (χ2n) is 11.2. The fourth-order valence-electron chi connectivity index (χ4n) is 5.74. The highest BCUT2D eigenvalue weighted by Gasteiger charge is 2.29. The van der Waals surface area contributed by atoms with E-state index in [-0.39, 0.29) is 30.3 Å². The van der Waals surface area contributed by atoms with Gasteiger partial charge >= 0.3 is 5.97 Å². The van der Waals surface area contributed by atoms with Gasteiger partial charge in [-0.2, -0.15) is 10.2 Å². The van der Waals surface area contributed by atoms with Crippen molar-refractivity contribution >= 4 is 22.8 Å². The van der Waals surface area contributed by atoms with Crippen LogP contribution in [0.4, 0.5) is 10.2 Å². The number of nitrogens with zero attached hydrogens (tertiary/aromatic N) is 6. The monoisotopic (exact) mass is 614 g/mol. The number of methoxy groups -OCH3 is 2. The van der Waals surface area contributed by atoms with Crippen molar-refractivity contribution in [3.05, 3.63) is 76.9 Å². The van der Waals surface area contributed by atoms with Gasteiger partial charge in [0.2, 0.25) is 5.88 Å². The van der Waals surface area contributed by atoms with Crippen LogP contribution in [0.1, 0.15) is 46.7 Å². The molecule has 45 heavy (non-hydrogen) atoms. The zero-order valence-electron chi connectivity index (χ0n) is 25.5. The van der Waals surface area contributed by atoms with Crippen molar-refractivity contribution in [2.24, 2.45) is 0 Å². The van der Waals surface area contributed by atoms with Gasteiger partial charge in [0, 0.05) is 50.5 Å². The lowest BCUT2D eigenvalue weighted by molar-refractivity contribution is -0.0594. The number of fused-ring (bicyclic) bond motifs is 1. The van der Waals surface area contributed by atoms with E-state index in [0.717, 1.165) is 43.0 Å². The molecule has 0 amide bonds. The second-order valence-corrected chi connectivity index (χ2v) is 11.2. The Kier molecular flexibility index (Phi) is 8.82. The van der Waals surface area contributed by atoms with E-state index in [4.69, 9.17) is 34.2 Å². The number of anilines is 1. The maximum atomic E-state index is 14.4. The van der Waals surface area contributed by atoms with Gasteiger partial charge in [0.15, 0.2) is 0 Å². The van der Waals surface area contributed by atoms with Crippen molar-refractivity contribution in [2.45, 2.75) is 38.6 Å². The molecule has 2 saturated heterocycles. The Balaban J connectivity index is 1.17. The molecule has 2 aliphatic heterocycles. The van der Waals surface area contributed by atoms with E-state index in [9.17, 15) is 9.18 Å². The molecule has 6 rings (SSSR count). The average molecular weight is 615 g/mol. The molecule has 11 nitrogen and oxygen atoms in total. The van der Waals surface area contributed by atoms with Gasteiger partial charge in [0.1, 0.15) is 29.8 Å². The average Bonchev–Trinajstić information content (AvgIpc) is 3.42. The van der Waals surface area contributed by atoms with Gasteiger partial charge in [-0.1, -0.05) is 6.07 Å². The summed E-state index contributed by atoms with van der Waals surface area (Å²) in [6.45, 7) is 6.52. The third-order valence-electron chi connectivity index (χ3n) is 8.49. The lowest BCUT2D eigenvalue weighted by Crippen LogP contribution is -2.48. The highest BCUT2D eigenvalue weighted by Crippen LogP contribution is 2.31. The number of benzene rings is 2. The number of rotatable bonds is 10. The van der Waals surface area contributed by atoms with E-state index in [1.54, 1.807) is 31.4 Å². The SMILES string of the molecule is COC(=O)c1ccc2nc([C@H](C)N3CCN(c4cc(OC)cc(OCc5ccc(C#N)cc5F)n4)CC3)n(C[C@@H]3CCO3)c2c1. The van der Waals surface area contributed by atoms with Crippen LogP contribution in [-0.2, 0) is 22.6 Å². The molecule has 234 valence electrons. The van der Waals surface area contributed by atoms with Crippen molar-refractivity contribution < 1.29 is 28.1 Å². The van der Waals surface area contributed by atoms with Crippen LogP contribution >= 0.6 is 0 Å². The first-order valence-electron chi connectivity index (χ1n) is 14.9. The van der Waals surface area contributed by atoms with Crippen molar-refractivity contribution in [3.8, 4) is 17.7 Å². The quantitative estimate of drug-likeness (QED) is 0.237. The summed E-state index contributed by atoms with van der Waals surface area (Å²) >= 11 is 0. The van der Waals surface area contributed by atoms with Crippen molar-refractivity contribution in [1.29, 1.82) is 5.26 Å². The topological polar surface area (TPSA) is 115 Å². The predicted molar refractivity (Wildman–Crippen MR) is 164 cm³/mol. The van der Waals surface area contributed by atoms with Crippen LogP contribution in [0.15, 0.2) is 48.5 Å². The van der Waals surface area contributed by atoms with Crippen LogP contribution in [-0.4, -0.2) is 78.5 Å². The first kappa shape index (κ1) is 30.3. The highest BCUT2D eigenvalue weighted by molar-refractivity contribution is 5.93.